The number of hydrogen-bond donors (Lipinski definition) is 1. The van der Waals surface area contributed by atoms with E-state index in [1.165, 1.54) is 43.5 Å². The summed E-state index contributed by atoms with van der Waals surface area (Å²) >= 11 is 5.70. The van der Waals surface area contributed by atoms with Crippen LogP contribution in [0.4, 0.5) is 10.2 Å². The van der Waals surface area contributed by atoms with Gasteiger partial charge in [0.05, 0.1) is 11.4 Å². The molecule has 1 N–H and O–H groups in total. The molecule has 0 radical (unpaired) electrons. The zero-order chi connectivity index (χ0) is 19.1. The third kappa shape index (κ3) is 5.93. The highest BCUT2D eigenvalue weighted by atomic mass is 35.5. The van der Waals surface area contributed by atoms with E-state index in [4.69, 9.17) is 16.3 Å². The van der Waals surface area contributed by atoms with Crippen LogP contribution in [0.3, 0.4) is 0 Å². The molecule has 8 heteroatoms. The molecule has 0 bridgehead atoms. The summed E-state index contributed by atoms with van der Waals surface area (Å²) in [5, 5.41) is 2.91. The molecule has 6 nitrogen and oxygen atoms in total. The number of aromatic nitrogens is 1. The Balaban J connectivity index is 1.79. The molecule has 1 atom stereocenters. The van der Waals surface area contributed by atoms with Gasteiger partial charge in [-0.05, 0) is 43.3 Å². The van der Waals surface area contributed by atoms with Crippen LogP contribution >= 0.6 is 11.6 Å². The summed E-state index contributed by atoms with van der Waals surface area (Å²) in [5.74, 6) is -1.74. The first-order valence-corrected chi connectivity index (χ1v) is 8.13. The van der Waals surface area contributed by atoms with Gasteiger partial charge in [-0.25, -0.2) is 9.37 Å². The number of halogens is 2. The van der Waals surface area contributed by atoms with E-state index in [1.807, 2.05) is 0 Å². The van der Waals surface area contributed by atoms with Gasteiger partial charge in [0.1, 0.15) is 11.6 Å². The second-order valence-electron chi connectivity index (χ2n) is 5.41. The van der Waals surface area contributed by atoms with Gasteiger partial charge in [-0.15, -0.1) is 0 Å². The van der Waals surface area contributed by atoms with E-state index in [0.717, 1.165) is 0 Å². The minimum absolute atomic E-state index is 0.0997. The lowest BCUT2D eigenvalue weighted by Gasteiger charge is -2.13. The van der Waals surface area contributed by atoms with Crippen LogP contribution in [0.1, 0.15) is 30.1 Å². The number of esters is 1. The SMILES string of the molecule is C[C@@H](OC(=O)CCC(=O)c1ccc(F)cc1)C(=O)Nc1ccc(Cl)cn1. The first-order chi connectivity index (χ1) is 12.3. The molecular weight excluding hydrogens is 363 g/mol. The highest BCUT2D eigenvalue weighted by Gasteiger charge is 2.19. The minimum Gasteiger partial charge on any atom is -0.453 e. The van der Waals surface area contributed by atoms with Crippen LogP contribution in [0.5, 0.6) is 0 Å². The Labute approximate surface area is 154 Å². The fourth-order valence-electron chi connectivity index (χ4n) is 1.98. The number of rotatable bonds is 7. The summed E-state index contributed by atoms with van der Waals surface area (Å²) in [6.07, 6.45) is 0.0281. The largest absolute Gasteiger partial charge is 0.453 e. The summed E-state index contributed by atoms with van der Waals surface area (Å²) in [7, 11) is 0. The summed E-state index contributed by atoms with van der Waals surface area (Å²) in [4.78, 5) is 39.6. The maximum absolute atomic E-state index is 12.8. The van der Waals surface area contributed by atoms with Crippen molar-refractivity contribution in [1.82, 2.24) is 4.98 Å². The van der Waals surface area contributed by atoms with Gasteiger partial charge in [0.15, 0.2) is 11.9 Å². The van der Waals surface area contributed by atoms with Crippen molar-refractivity contribution in [3.8, 4) is 0 Å². The molecule has 0 aliphatic heterocycles. The van der Waals surface area contributed by atoms with Gasteiger partial charge in [0.2, 0.25) is 0 Å². The van der Waals surface area contributed by atoms with Crippen molar-refractivity contribution in [3.63, 3.8) is 0 Å². The quantitative estimate of drug-likeness (QED) is 0.589. The number of benzene rings is 1. The molecule has 0 saturated carbocycles. The van der Waals surface area contributed by atoms with Gasteiger partial charge in [0, 0.05) is 18.2 Å². The lowest BCUT2D eigenvalue weighted by atomic mass is 10.1. The fourth-order valence-corrected chi connectivity index (χ4v) is 2.09. The van der Waals surface area contributed by atoms with Gasteiger partial charge in [-0.1, -0.05) is 11.6 Å². The third-order valence-corrected chi connectivity index (χ3v) is 3.60. The van der Waals surface area contributed by atoms with Crippen molar-refractivity contribution >= 4 is 35.1 Å². The average Bonchev–Trinajstić information content (AvgIpc) is 2.62. The molecule has 1 amide bonds. The van der Waals surface area contributed by atoms with Gasteiger partial charge >= 0.3 is 5.97 Å². The lowest BCUT2D eigenvalue weighted by Crippen LogP contribution is -2.30. The van der Waals surface area contributed by atoms with Crippen LogP contribution in [0.15, 0.2) is 42.6 Å². The lowest BCUT2D eigenvalue weighted by molar-refractivity contribution is -0.153. The van der Waals surface area contributed by atoms with Crippen molar-refractivity contribution in [2.24, 2.45) is 0 Å². The molecule has 0 spiro atoms. The highest BCUT2D eigenvalue weighted by Crippen LogP contribution is 2.11. The summed E-state index contributed by atoms with van der Waals surface area (Å²) in [6.45, 7) is 1.41. The number of Topliss-reactive ketones (excluding diaryl/α,β-unsaturated/α-hetero) is 1. The van der Waals surface area contributed by atoms with Crippen molar-refractivity contribution in [2.75, 3.05) is 5.32 Å². The Morgan fingerprint density at radius 2 is 1.85 bits per heavy atom. The van der Waals surface area contributed by atoms with Crippen LogP contribution in [-0.2, 0) is 14.3 Å². The number of pyridine rings is 1. The molecule has 0 aliphatic carbocycles. The number of carbonyl (C=O) groups excluding carboxylic acids is 3. The predicted molar refractivity (Wildman–Crippen MR) is 93.4 cm³/mol. The monoisotopic (exact) mass is 378 g/mol. The molecule has 1 aromatic heterocycles. The summed E-state index contributed by atoms with van der Waals surface area (Å²) < 4.78 is 17.8. The van der Waals surface area contributed by atoms with E-state index >= 15 is 0 Å². The first kappa shape index (κ1) is 19.5. The van der Waals surface area contributed by atoms with E-state index in [-0.39, 0.29) is 24.4 Å². The highest BCUT2D eigenvalue weighted by molar-refractivity contribution is 6.30. The predicted octanol–water partition coefficient (Wildman–Crippen LogP) is 3.41. The second kappa shape index (κ2) is 9.05. The van der Waals surface area contributed by atoms with Crippen LogP contribution in [0, 0.1) is 5.82 Å². The molecule has 136 valence electrons. The molecule has 1 aromatic carbocycles. The van der Waals surface area contributed by atoms with Gasteiger partial charge in [-0.3, -0.25) is 14.4 Å². The maximum Gasteiger partial charge on any atom is 0.307 e. The van der Waals surface area contributed by atoms with Crippen molar-refractivity contribution in [1.29, 1.82) is 0 Å². The molecule has 0 fully saturated rings. The summed E-state index contributed by atoms with van der Waals surface area (Å²) in [6, 6.07) is 8.10. The molecule has 0 aliphatic rings. The molecule has 1 heterocycles. The fraction of sp³-hybridized carbons (Fsp3) is 0.222. The van der Waals surface area contributed by atoms with Gasteiger partial charge in [0.25, 0.3) is 5.91 Å². The van der Waals surface area contributed by atoms with Crippen molar-refractivity contribution in [2.45, 2.75) is 25.9 Å². The number of hydrogen-bond acceptors (Lipinski definition) is 5. The zero-order valence-electron chi connectivity index (χ0n) is 13.9. The van der Waals surface area contributed by atoms with E-state index in [1.54, 1.807) is 6.07 Å². The maximum atomic E-state index is 12.8. The van der Waals surface area contributed by atoms with Crippen LogP contribution in [-0.4, -0.2) is 28.7 Å². The zero-order valence-corrected chi connectivity index (χ0v) is 14.6. The number of carbonyl (C=O) groups is 3. The standard InChI is InChI=1S/C18H16ClFN2O4/c1-11(18(25)22-16-8-4-13(19)10-21-16)26-17(24)9-7-15(23)12-2-5-14(20)6-3-12/h2-6,8,10-11H,7,9H2,1H3,(H,21,22,25)/t11-/m1/s1. The first-order valence-electron chi connectivity index (χ1n) is 7.76. The number of nitrogens with one attached hydrogen (secondary N) is 1. The topological polar surface area (TPSA) is 85.4 Å². The van der Waals surface area contributed by atoms with E-state index in [0.29, 0.717) is 10.6 Å². The number of nitrogens with zero attached hydrogens (tertiary/aromatic N) is 1. The Hall–Kier alpha value is -2.80. The molecular formula is C18H16ClFN2O4. The Morgan fingerprint density at radius 1 is 1.15 bits per heavy atom. The molecule has 0 saturated heterocycles. The molecule has 0 unspecified atom stereocenters. The van der Waals surface area contributed by atoms with E-state index in [9.17, 15) is 18.8 Å². The molecule has 26 heavy (non-hydrogen) atoms. The normalized spacial score (nSPS) is 11.5. The van der Waals surface area contributed by atoms with Crippen molar-refractivity contribution in [3.05, 3.63) is 59.0 Å². The summed E-state index contributed by atoms with van der Waals surface area (Å²) in [5.41, 5.74) is 0.304. The van der Waals surface area contributed by atoms with E-state index < -0.39 is 23.8 Å². The average molecular weight is 379 g/mol. The third-order valence-electron chi connectivity index (χ3n) is 3.38. The molecule has 2 aromatic rings. The number of ether oxygens (including phenoxy) is 1. The second-order valence-corrected chi connectivity index (χ2v) is 5.85. The van der Waals surface area contributed by atoms with Crippen LogP contribution < -0.4 is 5.32 Å². The van der Waals surface area contributed by atoms with Gasteiger partial charge < -0.3 is 10.1 Å². The number of ketones is 1. The minimum atomic E-state index is -1.05. The van der Waals surface area contributed by atoms with Gasteiger partial charge in [-0.2, -0.15) is 0 Å². The Bertz CT molecular complexity index is 794. The number of amides is 1. The van der Waals surface area contributed by atoms with Crippen LogP contribution in [0.2, 0.25) is 5.02 Å². The Kier molecular flexibility index (Phi) is 6.80. The Morgan fingerprint density at radius 3 is 2.46 bits per heavy atom. The van der Waals surface area contributed by atoms with Crippen LogP contribution in [0.25, 0.3) is 0 Å². The molecule has 2 rings (SSSR count). The smallest absolute Gasteiger partial charge is 0.307 e. The van der Waals surface area contributed by atoms with E-state index in [2.05, 4.69) is 10.3 Å². The number of anilines is 1. The van der Waals surface area contributed by atoms with Crippen molar-refractivity contribution < 1.29 is 23.5 Å².